The van der Waals surface area contributed by atoms with Crippen LogP contribution in [-0.2, 0) is 13.2 Å². The average molecular weight is 294 g/mol. The van der Waals surface area contributed by atoms with Crippen LogP contribution in [0.5, 0.6) is 0 Å². The summed E-state index contributed by atoms with van der Waals surface area (Å²) in [6.45, 7) is 5.58. The van der Waals surface area contributed by atoms with Gasteiger partial charge in [0.05, 0.1) is 6.61 Å². The molecule has 0 radical (unpaired) electrons. The lowest BCUT2D eigenvalue weighted by atomic mass is 10.1. The summed E-state index contributed by atoms with van der Waals surface area (Å²) in [5, 5.41) is 12.0. The van der Waals surface area contributed by atoms with E-state index in [1.54, 1.807) is 0 Å². The average Bonchev–Trinajstić information content (AvgIpc) is 3.19. The number of benzene rings is 2. The first-order valence-electron chi connectivity index (χ1n) is 8.22. The molecule has 2 heterocycles. The molecule has 3 nitrogen and oxygen atoms in total. The zero-order valence-corrected chi connectivity index (χ0v) is 13.0. The number of rotatable bonds is 3. The van der Waals surface area contributed by atoms with Crippen LogP contribution in [0.25, 0.3) is 21.8 Å². The molecule has 3 heteroatoms. The van der Waals surface area contributed by atoms with E-state index < -0.39 is 0 Å². The number of aryl methyl sites for hydroxylation is 1. The molecule has 0 atom stereocenters. The Labute approximate surface area is 130 Å². The van der Waals surface area contributed by atoms with Crippen molar-refractivity contribution in [2.75, 3.05) is 18.0 Å². The van der Waals surface area contributed by atoms with Gasteiger partial charge in [0, 0.05) is 47.1 Å². The van der Waals surface area contributed by atoms with Crippen molar-refractivity contribution < 1.29 is 5.11 Å². The third-order valence-electron chi connectivity index (χ3n) is 4.88. The monoisotopic (exact) mass is 294 g/mol. The Kier molecular flexibility index (Phi) is 3.30. The van der Waals surface area contributed by atoms with Gasteiger partial charge >= 0.3 is 0 Å². The van der Waals surface area contributed by atoms with Crippen molar-refractivity contribution in [1.82, 2.24) is 4.57 Å². The van der Waals surface area contributed by atoms with Crippen molar-refractivity contribution in [2.24, 2.45) is 0 Å². The minimum atomic E-state index is 0.0978. The van der Waals surface area contributed by atoms with Crippen LogP contribution in [0.2, 0.25) is 0 Å². The van der Waals surface area contributed by atoms with Crippen LogP contribution in [0.3, 0.4) is 0 Å². The molecule has 3 aromatic rings. The largest absolute Gasteiger partial charge is 0.392 e. The summed E-state index contributed by atoms with van der Waals surface area (Å²) in [6, 6.07) is 13.1. The van der Waals surface area contributed by atoms with E-state index in [9.17, 15) is 5.11 Å². The molecule has 0 unspecified atom stereocenters. The summed E-state index contributed by atoms with van der Waals surface area (Å²) in [6.07, 6.45) is 2.59. The predicted molar refractivity (Wildman–Crippen MR) is 92.5 cm³/mol. The van der Waals surface area contributed by atoms with E-state index >= 15 is 0 Å². The normalized spacial score (nSPS) is 15.3. The summed E-state index contributed by atoms with van der Waals surface area (Å²) in [7, 11) is 0. The van der Waals surface area contributed by atoms with Crippen molar-refractivity contribution in [3.8, 4) is 0 Å². The maximum atomic E-state index is 9.45. The van der Waals surface area contributed by atoms with Crippen molar-refractivity contribution in [3.63, 3.8) is 0 Å². The fourth-order valence-electron chi connectivity index (χ4n) is 3.75. The highest BCUT2D eigenvalue weighted by molar-refractivity contribution is 6.09. The third-order valence-corrected chi connectivity index (χ3v) is 4.88. The van der Waals surface area contributed by atoms with Gasteiger partial charge in [0.15, 0.2) is 0 Å². The van der Waals surface area contributed by atoms with Gasteiger partial charge in [0.1, 0.15) is 0 Å². The second-order valence-electron chi connectivity index (χ2n) is 6.15. The highest BCUT2D eigenvalue weighted by Gasteiger charge is 2.15. The first-order chi connectivity index (χ1) is 10.8. The molecule has 0 amide bonds. The molecule has 1 fully saturated rings. The number of hydrogen-bond acceptors (Lipinski definition) is 2. The topological polar surface area (TPSA) is 28.4 Å². The molecular formula is C19H22N2O. The summed E-state index contributed by atoms with van der Waals surface area (Å²) in [5.41, 5.74) is 4.85. The Morgan fingerprint density at radius 1 is 0.955 bits per heavy atom. The molecule has 0 spiro atoms. The zero-order valence-electron chi connectivity index (χ0n) is 13.0. The Morgan fingerprint density at radius 3 is 2.32 bits per heavy atom. The fraction of sp³-hybridized carbons (Fsp3) is 0.368. The zero-order chi connectivity index (χ0) is 15.1. The van der Waals surface area contributed by atoms with Crippen LogP contribution >= 0.6 is 0 Å². The number of aliphatic hydroxyl groups is 1. The van der Waals surface area contributed by atoms with Crippen molar-refractivity contribution >= 4 is 27.5 Å². The van der Waals surface area contributed by atoms with Crippen LogP contribution in [0.4, 0.5) is 5.69 Å². The lowest BCUT2D eigenvalue weighted by molar-refractivity contribution is 0.282. The molecule has 2 aromatic carbocycles. The second-order valence-corrected chi connectivity index (χ2v) is 6.15. The Balaban J connectivity index is 1.98. The van der Waals surface area contributed by atoms with Crippen molar-refractivity contribution in [2.45, 2.75) is 32.9 Å². The van der Waals surface area contributed by atoms with Gasteiger partial charge in [0.25, 0.3) is 0 Å². The van der Waals surface area contributed by atoms with E-state index in [4.69, 9.17) is 0 Å². The summed E-state index contributed by atoms with van der Waals surface area (Å²) < 4.78 is 2.36. The third kappa shape index (κ3) is 2.00. The van der Waals surface area contributed by atoms with Gasteiger partial charge in [-0.3, -0.25) is 0 Å². The van der Waals surface area contributed by atoms with E-state index in [1.165, 1.54) is 53.4 Å². The number of aromatic nitrogens is 1. The maximum absolute atomic E-state index is 9.45. The first-order valence-corrected chi connectivity index (χ1v) is 8.22. The molecule has 114 valence electrons. The quantitative estimate of drug-likeness (QED) is 0.793. The molecule has 0 aliphatic carbocycles. The molecule has 1 aliphatic heterocycles. The number of hydrogen-bond donors (Lipinski definition) is 1. The molecule has 1 aromatic heterocycles. The summed E-state index contributed by atoms with van der Waals surface area (Å²) in [5.74, 6) is 0. The van der Waals surface area contributed by atoms with Crippen LogP contribution in [-0.4, -0.2) is 22.8 Å². The molecular weight excluding hydrogens is 272 g/mol. The van der Waals surface area contributed by atoms with Crippen molar-refractivity contribution in [3.05, 3.63) is 42.0 Å². The van der Waals surface area contributed by atoms with E-state index in [-0.39, 0.29) is 6.61 Å². The van der Waals surface area contributed by atoms with Gasteiger partial charge in [-0.25, -0.2) is 0 Å². The highest BCUT2D eigenvalue weighted by Crippen LogP contribution is 2.33. The second kappa shape index (κ2) is 5.33. The predicted octanol–water partition coefficient (Wildman–Crippen LogP) is 3.91. The molecule has 1 aliphatic rings. The first kappa shape index (κ1) is 13.6. The van der Waals surface area contributed by atoms with Gasteiger partial charge in [0.2, 0.25) is 0 Å². The molecule has 1 saturated heterocycles. The van der Waals surface area contributed by atoms with Crippen LogP contribution in [0.15, 0.2) is 36.4 Å². The Hall–Kier alpha value is -2.00. The van der Waals surface area contributed by atoms with Crippen LogP contribution < -0.4 is 4.90 Å². The van der Waals surface area contributed by atoms with Crippen LogP contribution in [0.1, 0.15) is 25.3 Å². The van der Waals surface area contributed by atoms with E-state index in [2.05, 4.69) is 46.7 Å². The van der Waals surface area contributed by atoms with E-state index in [0.717, 1.165) is 12.1 Å². The Morgan fingerprint density at radius 2 is 1.64 bits per heavy atom. The number of nitrogens with zero attached hydrogens (tertiary/aromatic N) is 2. The Bertz CT molecular complexity index is 828. The fourth-order valence-corrected chi connectivity index (χ4v) is 3.75. The van der Waals surface area contributed by atoms with E-state index in [0.29, 0.717) is 0 Å². The lowest BCUT2D eigenvalue weighted by Gasteiger charge is -2.17. The number of aliphatic hydroxyl groups excluding tert-OH is 1. The molecule has 0 saturated carbocycles. The molecule has 22 heavy (non-hydrogen) atoms. The maximum Gasteiger partial charge on any atom is 0.0682 e. The molecule has 0 bridgehead atoms. The minimum absolute atomic E-state index is 0.0978. The van der Waals surface area contributed by atoms with Gasteiger partial charge in [-0.15, -0.1) is 0 Å². The number of anilines is 1. The summed E-state index contributed by atoms with van der Waals surface area (Å²) in [4.78, 5) is 2.48. The smallest absolute Gasteiger partial charge is 0.0682 e. The molecule has 4 rings (SSSR count). The van der Waals surface area contributed by atoms with E-state index in [1.807, 2.05) is 6.07 Å². The van der Waals surface area contributed by atoms with Gasteiger partial charge in [-0.2, -0.15) is 0 Å². The van der Waals surface area contributed by atoms with Gasteiger partial charge < -0.3 is 14.6 Å². The molecule has 1 N–H and O–H groups in total. The lowest BCUT2D eigenvalue weighted by Crippen LogP contribution is -2.17. The highest BCUT2D eigenvalue weighted by atomic mass is 16.3. The van der Waals surface area contributed by atoms with Gasteiger partial charge in [-0.1, -0.05) is 6.07 Å². The number of fused-ring (bicyclic) bond motifs is 3. The minimum Gasteiger partial charge on any atom is -0.392 e. The standard InChI is InChI=1S/C19H22N2O/c1-2-21-18-7-5-14(13-22)11-16(18)17-12-15(6-8-19(17)21)20-9-3-4-10-20/h5-8,11-12,22H,2-4,9-10,13H2,1H3. The van der Waals surface area contributed by atoms with Gasteiger partial charge in [-0.05, 0) is 55.7 Å². The SMILES string of the molecule is CCn1c2ccc(CO)cc2c2cc(N3CCCC3)ccc21. The summed E-state index contributed by atoms with van der Waals surface area (Å²) >= 11 is 0. The van der Waals surface area contributed by atoms with Crippen molar-refractivity contribution in [1.29, 1.82) is 0 Å². The van der Waals surface area contributed by atoms with Crippen LogP contribution in [0, 0.1) is 0 Å².